The number of rotatable bonds is 4. The molecule has 0 bridgehead atoms. The molecule has 19 heavy (non-hydrogen) atoms. The van der Waals surface area contributed by atoms with Crippen molar-refractivity contribution in [3.05, 3.63) is 28.8 Å². The molecule has 108 valence electrons. The monoisotopic (exact) mass is 335 g/mol. The Morgan fingerprint density at radius 3 is 2.37 bits per heavy atom. The Morgan fingerprint density at radius 1 is 1.32 bits per heavy atom. The van der Waals surface area contributed by atoms with Crippen LogP contribution in [0.25, 0.3) is 0 Å². The lowest BCUT2D eigenvalue weighted by atomic mass is 10.2. The molecule has 0 spiro atoms. The van der Waals surface area contributed by atoms with Crippen LogP contribution in [0.4, 0.5) is 13.2 Å². The largest absolute Gasteiger partial charge is 0.402 e. The second-order valence-electron chi connectivity index (χ2n) is 3.76. The zero-order valence-corrected chi connectivity index (χ0v) is 12.0. The first-order chi connectivity index (χ1) is 8.58. The maximum Gasteiger partial charge on any atom is 0.402 e. The Hall–Kier alpha value is -0.500. The van der Waals surface area contributed by atoms with Gasteiger partial charge in [0, 0.05) is 18.0 Å². The topological polar surface area (TPSA) is 37.4 Å². The normalized spacial score (nSPS) is 13.0. The lowest BCUT2D eigenvalue weighted by Crippen LogP contribution is -2.35. The Morgan fingerprint density at radius 2 is 1.89 bits per heavy atom. The summed E-state index contributed by atoms with van der Waals surface area (Å²) in [7, 11) is -3.37. The third kappa shape index (κ3) is 4.24. The van der Waals surface area contributed by atoms with Crippen LogP contribution in [0.2, 0.25) is 5.02 Å². The summed E-state index contributed by atoms with van der Waals surface area (Å²) in [5.41, 5.74) is 0.338. The van der Waals surface area contributed by atoms with Crippen molar-refractivity contribution in [1.29, 1.82) is 0 Å². The van der Waals surface area contributed by atoms with Crippen LogP contribution in [0, 0.1) is 0 Å². The van der Waals surface area contributed by atoms with Crippen molar-refractivity contribution in [1.82, 2.24) is 4.31 Å². The van der Waals surface area contributed by atoms with E-state index in [-0.39, 0.29) is 20.1 Å². The number of sulfonamides is 1. The molecule has 3 nitrogen and oxygen atoms in total. The van der Waals surface area contributed by atoms with Crippen molar-refractivity contribution in [2.75, 3.05) is 13.6 Å². The van der Waals surface area contributed by atoms with Crippen molar-refractivity contribution in [2.45, 2.75) is 17.0 Å². The van der Waals surface area contributed by atoms with Gasteiger partial charge in [0.15, 0.2) is 0 Å². The highest BCUT2D eigenvalue weighted by molar-refractivity contribution is 7.89. The van der Waals surface area contributed by atoms with Gasteiger partial charge in [-0.2, -0.15) is 17.5 Å². The van der Waals surface area contributed by atoms with Crippen molar-refractivity contribution in [3.8, 4) is 0 Å². The Balaban J connectivity index is 3.13. The number of nitrogens with zero attached hydrogens (tertiary/aromatic N) is 1. The van der Waals surface area contributed by atoms with Crippen LogP contribution in [0.15, 0.2) is 23.1 Å². The zero-order valence-electron chi connectivity index (χ0n) is 9.71. The Bertz CT molecular complexity index is 560. The molecule has 0 aromatic heterocycles. The first kappa shape index (κ1) is 16.6. The summed E-state index contributed by atoms with van der Waals surface area (Å²) >= 11 is 11.3. The highest BCUT2D eigenvalue weighted by Crippen LogP contribution is 2.25. The van der Waals surface area contributed by atoms with Gasteiger partial charge < -0.3 is 0 Å². The number of alkyl halides is 4. The minimum Gasteiger partial charge on any atom is -0.207 e. The molecule has 0 saturated heterocycles. The molecule has 0 aliphatic carbocycles. The predicted octanol–water partition coefficient (Wildman–Crippen LogP) is 3.26. The van der Waals surface area contributed by atoms with Crippen molar-refractivity contribution >= 4 is 33.2 Å². The van der Waals surface area contributed by atoms with Crippen LogP contribution >= 0.6 is 23.2 Å². The number of benzene rings is 1. The van der Waals surface area contributed by atoms with E-state index in [1.807, 2.05) is 0 Å². The van der Waals surface area contributed by atoms with Crippen molar-refractivity contribution in [3.63, 3.8) is 0 Å². The average Bonchev–Trinajstić information content (AvgIpc) is 2.27. The molecule has 1 aromatic rings. The second-order valence-corrected chi connectivity index (χ2v) is 6.48. The van der Waals surface area contributed by atoms with Crippen LogP contribution in [0.3, 0.4) is 0 Å². The second kappa shape index (κ2) is 5.87. The molecule has 1 aromatic carbocycles. The summed E-state index contributed by atoms with van der Waals surface area (Å²) in [5.74, 6) is -0.0365. The van der Waals surface area contributed by atoms with Gasteiger partial charge in [-0.15, -0.1) is 11.6 Å². The summed E-state index contributed by atoms with van der Waals surface area (Å²) in [6.45, 7) is -1.56. The van der Waals surface area contributed by atoms with E-state index in [0.29, 0.717) is 5.56 Å². The molecule has 0 saturated carbocycles. The fraction of sp³-hybridized carbons (Fsp3) is 0.400. The summed E-state index contributed by atoms with van der Waals surface area (Å²) in [6.07, 6.45) is -4.61. The fourth-order valence-electron chi connectivity index (χ4n) is 1.33. The predicted molar refractivity (Wildman–Crippen MR) is 66.9 cm³/mol. The summed E-state index contributed by atoms with van der Waals surface area (Å²) in [5, 5.41) is 0.257. The molecule has 0 amide bonds. The van der Waals surface area contributed by atoms with E-state index in [1.54, 1.807) is 0 Å². The lowest BCUT2D eigenvalue weighted by Gasteiger charge is -2.19. The van der Waals surface area contributed by atoms with Gasteiger partial charge in [-0.1, -0.05) is 11.6 Å². The Labute approximate surface area is 119 Å². The van der Waals surface area contributed by atoms with E-state index in [1.165, 1.54) is 6.07 Å². The van der Waals surface area contributed by atoms with Gasteiger partial charge in [-0.25, -0.2) is 8.42 Å². The Kier molecular flexibility index (Phi) is 5.11. The quantitative estimate of drug-likeness (QED) is 0.792. The summed E-state index contributed by atoms with van der Waals surface area (Å²) in [6, 6.07) is 3.59. The molecule has 0 aliphatic rings. The van der Waals surface area contributed by atoms with Crippen LogP contribution in [0.1, 0.15) is 5.56 Å². The van der Waals surface area contributed by atoms with Gasteiger partial charge in [0.25, 0.3) is 0 Å². The molecule has 0 aliphatic heterocycles. The molecule has 0 radical (unpaired) electrons. The molecule has 0 fully saturated rings. The van der Waals surface area contributed by atoms with Crippen LogP contribution in [-0.2, 0) is 15.9 Å². The maximum atomic E-state index is 12.2. The van der Waals surface area contributed by atoms with E-state index < -0.39 is 22.7 Å². The third-order valence-electron chi connectivity index (χ3n) is 2.27. The minimum absolute atomic E-state index is 0.0365. The van der Waals surface area contributed by atoms with Gasteiger partial charge in [-0.3, -0.25) is 0 Å². The number of hydrogen-bond acceptors (Lipinski definition) is 2. The van der Waals surface area contributed by atoms with E-state index in [0.717, 1.165) is 19.2 Å². The summed E-state index contributed by atoms with van der Waals surface area (Å²) in [4.78, 5) is -0.278. The maximum absolute atomic E-state index is 12.2. The van der Waals surface area contributed by atoms with Crippen LogP contribution in [0.5, 0.6) is 0 Å². The third-order valence-corrected chi connectivity index (χ3v) is 4.73. The number of halogens is 5. The molecule has 0 N–H and O–H groups in total. The molecular weight excluding hydrogens is 326 g/mol. The van der Waals surface area contributed by atoms with E-state index >= 15 is 0 Å². The van der Waals surface area contributed by atoms with E-state index in [9.17, 15) is 21.6 Å². The molecule has 1 rings (SSSR count). The van der Waals surface area contributed by atoms with Gasteiger partial charge >= 0.3 is 6.18 Å². The number of hydrogen-bond donors (Lipinski definition) is 0. The van der Waals surface area contributed by atoms with E-state index in [2.05, 4.69) is 0 Å². The molecule has 0 unspecified atom stereocenters. The van der Waals surface area contributed by atoms with Gasteiger partial charge in [0.05, 0.1) is 4.90 Å². The standard InChI is InChI=1S/C10H10Cl2F3NO2S/c1-16(6-10(13,14)15)19(17,18)8-2-3-9(12)7(4-8)5-11/h2-4H,5-6H2,1H3. The van der Waals surface area contributed by atoms with E-state index in [4.69, 9.17) is 23.2 Å². The van der Waals surface area contributed by atoms with Crippen molar-refractivity contribution < 1.29 is 21.6 Å². The SMILES string of the molecule is CN(CC(F)(F)F)S(=O)(=O)c1ccc(Cl)c(CCl)c1. The minimum atomic E-state index is -4.61. The molecular formula is C10H10Cl2F3NO2S. The lowest BCUT2D eigenvalue weighted by molar-refractivity contribution is -0.134. The molecule has 0 heterocycles. The van der Waals surface area contributed by atoms with Gasteiger partial charge in [0.1, 0.15) is 6.54 Å². The highest BCUT2D eigenvalue weighted by Gasteiger charge is 2.34. The first-order valence-electron chi connectivity index (χ1n) is 4.95. The fourth-order valence-corrected chi connectivity index (χ4v) is 3.01. The van der Waals surface area contributed by atoms with Gasteiger partial charge in [0.2, 0.25) is 10.0 Å². The average molecular weight is 336 g/mol. The molecule has 9 heteroatoms. The van der Waals surface area contributed by atoms with Crippen LogP contribution < -0.4 is 0 Å². The highest BCUT2D eigenvalue weighted by atomic mass is 35.5. The smallest absolute Gasteiger partial charge is 0.207 e. The summed E-state index contributed by atoms with van der Waals surface area (Å²) < 4.78 is 60.7. The van der Waals surface area contributed by atoms with Crippen molar-refractivity contribution in [2.24, 2.45) is 0 Å². The van der Waals surface area contributed by atoms with Crippen LogP contribution in [-0.4, -0.2) is 32.5 Å². The zero-order chi connectivity index (χ0) is 14.8. The van der Waals surface area contributed by atoms with Gasteiger partial charge in [-0.05, 0) is 23.8 Å². The molecule has 0 atom stereocenters. The first-order valence-corrected chi connectivity index (χ1v) is 7.30.